The molecule has 2 aliphatic carbocycles. The average molecular weight is 312 g/mol. The molecule has 1 aromatic rings. The number of piperazine rings is 1. The lowest BCUT2D eigenvalue weighted by atomic mass is 9.77. The minimum absolute atomic E-state index is 0.0876. The molecule has 3 fully saturated rings. The SMILES string of the molecule is O=C1C(C2CC2)NC(=O)C2(CCCCC2)N1Cc1ccccc1. The van der Waals surface area contributed by atoms with Crippen LogP contribution in [0, 0.1) is 5.92 Å². The summed E-state index contributed by atoms with van der Waals surface area (Å²) in [6.07, 6.45) is 6.93. The van der Waals surface area contributed by atoms with E-state index >= 15 is 0 Å². The van der Waals surface area contributed by atoms with E-state index in [1.54, 1.807) is 0 Å². The number of amides is 2. The lowest BCUT2D eigenvalue weighted by Gasteiger charge is -2.50. The maximum absolute atomic E-state index is 13.1. The molecule has 3 aliphatic rings. The van der Waals surface area contributed by atoms with Crippen molar-refractivity contribution in [2.24, 2.45) is 5.92 Å². The van der Waals surface area contributed by atoms with Crippen molar-refractivity contribution in [1.29, 1.82) is 0 Å². The zero-order valence-electron chi connectivity index (χ0n) is 13.5. The van der Waals surface area contributed by atoms with Gasteiger partial charge in [-0.2, -0.15) is 0 Å². The van der Waals surface area contributed by atoms with Crippen LogP contribution >= 0.6 is 0 Å². The molecule has 1 aromatic carbocycles. The molecule has 1 atom stereocenters. The van der Waals surface area contributed by atoms with Gasteiger partial charge < -0.3 is 10.2 Å². The van der Waals surface area contributed by atoms with Gasteiger partial charge in [0.05, 0.1) is 0 Å². The lowest BCUT2D eigenvalue weighted by molar-refractivity contribution is -0.161. The second kappa shape index (κ2) is 5.66. The van der Waals surface area contributed by atoms with Crippen LogP contribution < -0.4 is 5.32 Å². The fraction of sp³-hybridized carbons (Fsp3) is 0.579. The summed E-state index contributed by atoms with van der Waals surface area (Å²) >= 11 is 0. The van der Waals surface area contributed by atoms with E-state index in [9.17, 15) is 9.59 Å². The lowest BCUT2D eigenvalue weighted by Crippen LogP contribution is -2.71. The highest BCUT2D eigenvalue weighted by Crippen LogP contribution is 2.42. The highest BCUT2D eigenvalue weighted by atomic mass is 16.2. The Hall–Kier alpha value is -1.84. The van der Waals surface area contributed by atoms with Crippen LogP contribution in [0.3, 0.4) is 0 Å². The third-order valence-electron chi connectivity index (χ3n) is 5.72. The number of nitrogens with zero attached hydrogens (tertiary/aromatic N) is 1. The van der Waals surface area contributed by atoms with Crippen molar-refractivity contribution < 1.29 is 9.59 Å². The number of carbonyl (C=O) groups is 2. The van der Waals surface area contributed by atoms with Gasteiger partial charge in [0.2, 0.25) is 11.8 Å². The van der Waals surface area contributed by atoms with E-state index in [2.05, 4.69) is 5.32 Å². The number of carbonyl (C=O) groups excluding carboxylic acids is 2. The first-order valence-electron chi connectivity index (χ1n) is 8.87. The van der Waals surface area contributed by atoms with Crippen molar-refractivity contribution in [3.63, 3.8) is 0 Å². The number of benzene rings is 1. The summed E-state index contributed by atoms with van der Waals surface area (Å²) in [6.45, 7) is 0.552. The van der Waals surface area contributed by atoms with Gasteiger partial charge in [-0.05, 0) is 37.2 Å². The number of hydrogen-bond donors (Lipinski definition) is 1. The Morgan fingerprint density at radius 2 is 1.74 bits per heavy atom. The molecule has 4 heteroatoms. The fourth-order valence-electron chi connectivity index (χ4n) is 4.22. The minimum atomic E-state index is -0.615. The van der Waals surface area contributed by atoms with Crippen molar-refractivity contribution in [1.82, 2.24) is 10.2 Å². The maximum atomic E-state index is 13.1. The van der Waals surface area contributed by atoms with E-state index in [0.717, 1.165) is 50.5 Å². The molecule has 0 aromatic heterocycles. The highest BCUT2D eigenvalue weighted by molar-refractivity contribution is 6.00. The van der Waals surface area contributed by atoms with Crippen LogP contribution in [0.2, 0.25) is 0 Å². The molecule has 0 radical (unpaired) electrons. The van der Waals surface area contributed by atoms with Crippen LogP contribution in [0.5, 0.6) is 0 Å². The van der Waals surface area contributed by atoms with Gasteiger partial charge in [0.15, 0.2) is 0 Å². The zero-order valence-corrected chi connectivity index (χ0v) is 13.5. The summed E-state index contributed by atoms with van der Waals surface area (Å²) in [5.41, 5.74) is 0.492. The molecule has 1 spiro atoms. The van der Waals surface area contributed by atoms with Crippen molar-refractivity contribution in [2.45, 2.75) is 63.1 Å². The van der Waals surface area contributed by atoms with Crippen molar-refractivity contribution in [3.8, 4) is 0 Å². The Labute approximate surface area is 137 Å². The molecule has 23 heavy (non-hydrogen) atoms. The van der Waals surface area contributed by atoms with Crippen LogP contribution in [0.4, 0.5) is 0 Å². The van der Waals surface area contributed by atoms with E-state index in [-0.39, 0.29) is 17.9 Å². The molecule has 2 saturated carbocycles. The monoisotopic (exact) mass is 312 g/mol. The highest BCUT2D eigenvalue weighted by Gasteiger charge is 2.55. The minimum Gasteiger partial charge on any atom is -0.342 e. The number of hydrogen-bond acceptors (Lipinski definition) is 2. The molecule has 1 saturated heterocycles. The Kier molecular flexibility index (Phi) is 3.63. The van der Waals surface area contributed by atoms with Gasteiger partial charge >= 0.3 is 0 Å². The first kappa shape index (κ1) is 14.7. The fourth-order valence-corrected chi connectivity index (χ4v) is 4.22. The topological polar surface area (TPSA) is 49.4 Å². The van der Waals surface area contributed by atoms with E-state index < -0.39 is 5.54 Å². The standard InChI is InChI=1S/C19H24N2O2/c22-17-16(15-9-10-15)20-18(23)19(11-5-2-6-12-19)21(17)13-14-7-3-1-4-8-14/h1,3-4,7-8,15-16H,2,5-6,9-13H2,(H,20,23). The van der Waals surface area contributed by atoms with Gasteiger partial charge in [-0.3, -0.25) is 9.59 Å². The molecule has 1 heterocycles. The largest absolute Gasteiger partial charge is 0.342 e. The summed E-state index contributed by atoms with van der Waals surface area (Å²) in [4.78, 5) is 28.0. The smallest absolute Gasteiger partial charge is 0.246 e. The second-order valence-electron chi connectivity index (χ2n) is 7.29. The first-order chi connectivity index (χ1) is 11.2. The van der Waals surface area contributed by atoms with Crippen LogP contribution in [-0.4, -0.2) is 28.3 Å². The molecule has 2 amide bonds. The predicted octanol–water partition coefficient (Wildman–Crippen LogP) is 2.63. The molecule has 122 valence electrons. The molecule has 1 unspecified atom stereocenters. The van der Waals surface area contributed by atoms with E-state index in [0.29, 0.717) is 12.5 Å². The molecule has 1 N–H and O–H groups in total. The van der Waals surface area contributed by atoms with Gasteiger partial charge in [-0.25, -0.2) is 0 Å². The summed E-state index contributed by atoms with van der Waals surface area (Å²) in [7, 11) is 0. The van der Waals surface area contributed by atoms with Crippen LogP contribution in [0.15, 0.2) is 30.3 Å². The van der Waals surface area contributed by atoms with Crippen LogP contribution in [-0.2, 0) is 16.1 Å². The third kappa shape index (κ3) is 2.54. The Morgan fingerprint density at radius 1 is 1.04 bits per heavy atom. The van der Waals surface area contributed by atoms with Gasteiger partial charge in [0.1, 0.15) is 11.6 Å². The average Bonchev–Trinajstić information content (AvgIpc) is 3.42. The van der Waals surface area contributed by atoms with Crippen LogP contribution in [0.25, 0.3) is 0 Å². The first-order valence-corrected chi connectivity index (χ1v) is 8.87. The number of nitrogens with one attached hydrogen (secondary N) is 1. The molecule has 1 aliphatic heterocycles. The van der Waals surface area contributed by atoms with E-state index in [1.807, 2.05) is 35.2 Å². The zero-order chi connectivity index (χ0) is 15.9. The van der Waals surface area contributed by atoms with Gasteiger partial charge in [-0.15, -0.1) is 0 Å². The quantitative estimate of drug-likeness (QED) is 0.933. The third-order valence-corrected chi connectivity index (χ3v) is 5.72. The summed E-state index contributed by atoms with van der Waals surface area (Å²) < 4.78 is 0. The normalized spacial score (nSPS) is 27.1. The van der Waals surface area contributed by atoms with Gasteiger partial charge in [-0.1, -0.05) is 49.6 Å². The van der Waals surface area contributed by atoms with Crippen LogP contribution in [0.1, 0.15) is 50.5 Å². The van der Waals surface area contributed by atoms with E-state index in [4.69, 9.17) is 0 Å². The maximum Gasteiger partial charge on any atom is 0.246 e. The summed E-state index contributed by atoms with van der Waals surface area (Å²) in [6, 6.07) is 9.77. The van der Waals surface area contributed by atoms with Crippen molar-refractivity contribution in [2.75, 3.05) is 0 Å². The van der Waals surface area contributed by atoms with Gasteiger partial charge in [0, 0.05) is 6.54 Å². The Morgan fingerprint density at radius 3 is 2.39 bits per heavy atom. The Balaban J connectivity index is 1.68. The Bertz CT molecular complexity index is 603. The van der Waals surface area contributed by atoms with Crippen molar-refractivity contribution in [3.05, 3.63) is 35.9 Å². The van der Waals surface area contributed by atoms with Gasteiger partial charge in [0.25, 0.3) is 0 Å². The summed E-state index contributed by atoms with van der Waals surface area (Å²) in [5, 5.41) is 3.07. The van der Waals surface area contributed by atoms with E-state index in [1.165, 1.54) is 0 Å². The molecular weight excluding hydrogens is 288 g/mol. The van der Waals surface area contributed by atoms with Crippen molar-refractivity contribution >= 4 is 11.8 Å². The molecule has 4 rings (SSSR count). The number of rotatable bonds is 3. The predicted molar refractivity (Wildman–Crippen MR) is 87.5 cm³/mol. The second-order valence-corrected chi connectivity index (χ2v) is 7.29. The molecule has 0 bridgehead atoms. The summed E-state index contributed by atoms with van der Waals surface area (Å²) in [5.74, 6) is 0.577. The molecular formula is C19H24N2O2. The molecule has 4 nitrogen and oxygen atoms in total.